The molecule has 0 spiro atoms. The van der Waals surface area contributed by atoms with E-state index < -0.39 is 5.60 Å². The maximum absolute atomic E-state index is 11.6. The van der Waals surface area contributed by atoms with Gasteiger partial charge in [-0.1, -0.05) is 22.6 Å². The summed E-state index contributed by atoms with van der Waals surface area (Å²) in [6.07, 6.45) is -0.283. The molecule has 84 valence electrons. The molecule has 0 aromatic carbocycles. The number of carbonyl (C=O) groups excluding carboxylic acids is 1. The highest BCUT2D eigenvalue weighted by Gasteiger charge is 2.20. The number of rotatable bonds is 4. The number of halogens is 2. The van der Waals surface area contributed by atoms with Crippen molar-refractivity contribution in [3.63, 3.8) is 0 Å². The smallest absolute Gasteiger partial charge is 0.410 e. The van der Waals surface area contributed by atoms with E-state index in [9.17, 15) is 4.79 Å². The Balaban J connectivity index is 4.14. The lowest BCUT2D eigenvalue weighted by Gasteiger charge is -2.26. The third-order valence-electron chi connectivity index (χ3n) is 1.36. The van der Waals surface area contributed by atoms with Crippen molar-refractivity contribution in [1.29, 1.82) is 0 Å². The predicted molar refractivity (Wildman–Crippen MR) is 67.4 cm³/mol. The Hall–Kier alpha value is 0.290. The molecule has 0 N–H and O–H groups in total. The molecule has 0 aliphatic rings. The molecule has 0 saturated carbocycles. The summed E-state index contributed by atoms with van der Waals surface area (Å²) in [6.45, 7) is 6.79. The van der Waals surface area contributed by atoms with Crippen LogP contribution in [0.4, 0.5) is 4.79 Å². The third kappa shape index (κ3) is 6.70. The summed E-state index contributed by atoms with van der Waals surface area (Å²) < 4.78 is 6.11. The molecule has 0 aromatic heterocycles. The molecule has 1 amide bonds. The molecule has 0 bridgehead atoms. The first-order chi connectivity index (χ1) is 6.40. The van der Waals surface area contributed by atoms with Gasteiger partial charge in [-0.25, -0.2) is 4.79 Å². The first-order valence-corrected chi connectivity index (χ1v) is 6.56. The molecule has 5 heteroatoms. The lowest BCUT2D eigenvalue weighted by molar-refractivity contribution is 0.0275. The second-order valence-electron chi connectivity index (χ2n) is 3.85. The molecule has 0 saturated heterocycles. The fourth-order valence-corrected chi connectivity index (χ4v) is 1.61. The number of amides is 1. The van der Waals surface area contributed by atoms with Gasteiger partial charge in [-0.05, 0) is 20.8 Å². The van der Waals surface area contributed by atoms with Gasteiger partial charge in [0.15, 0.2) is 0 Å². The van der Waals surface area contributed by atoms with Crippen molar-refractivity contribution >= 4 is 40.3 Å². The summed E-state index contributed by atoms with van der Waals surface area (Å²) >= 11 is 7.82. The SMILES string of the molecule is CC(C)(C)OC(=O)N(CCCl)CCI. The molecule has 0 heterocycles. The maximum atomic E-state index is 11.6. The number of hydrogen-bond donors (Lipinski definition) is 0. The van der Waals surface area contributed by atoms with Gasteiger partial charge in [0.1, 0.15) is 5.60 Å². The quantitative estimate of drug-likeness (QED) is 0.585. The Morgan fingerprint density at radius 3 is 2.36 bits per heavy atom. The van der Waals surface area contributed by atoms with Crippen LogP contribution in [-0.2, 0) is 4.74 Å². The highest BCUT2D eigenvalue weighted by molar-refractivity contribution is 14.1. The van der Waals surface area contributed by atoms with E-state index in [4.69, 9.17) is 16.3 Å². The minimum absolute atomic E-state index is 0.283. The van der Waals surface area contributed by atoms with Gasteiger partial charge in [0.05, 0.1) is 0 Å². The Morgan fingerprint density at radius 1 is 1.43 bits per heavy atom. The van der Waals surface area contributed by atoms with Crippen molar-refractivity contribution in [2.75, 3.05) is 23.4 Å². The third-order valence-corrected chi connectivity index (χ3v) is 2.01. The van der Waals surface area contributed by atoms with E-state index in [0.717, 1.165) is 4.43 Å². The van der Waals surface area contributed by atoms with Gasteiger partial charge in [0.25, 0.3) is 0 Å². The molecule has 0 unspecified atom stereocenters. The lowest BCUT2D eigenvalue weighted by Crippen LogP contribution is -2.38. The highest BCUT2D eigenvalue weighted by Crippen LogP contribution is 2.10. The summed E-state index contributed by atoms with van der Waals surface area (Å²) in [4.78, 5) is 13.2. The molecule has 0 atom stereocenters. The zero-order chi connectivity index (χ0) is 11.2. The van der Waals surface area contributed by atoms with Gasteiger partial charge in [0.2, 0.25) is 0 Å². The Bertz CT molecular complexity index is 176. The standard InChI is InChI=1S/C9H17ClINO2/c1-9(2,3)14-8(13)12(6-4-10)7-5-11/h4-7H2,1-3H3. The monoisotopic (exact) mass is 333 g/mol. The van der Waals surface area contributed by atoms with Crippen molar-refractivity contribution in [2.45, 2.75) is 26.4 Å². The number of nitrogens with zero attached hydrogens (tertiary/aromatic N) is 1. The molecule has 0 aliphatic heterocycles. The minimum Gasteiger partial charge on any atom is -0.444 e. The van der Waals surface area contributed by atoms with Gasteiger partial charge < -0.3 is 9.64 Å². The van der Waals surface area contributed by atoms with E-state index in [2.05, 4.69) is 22.6 Å². The van der Waals surface area contributed by atoms with Crippen LogP contribution in [0.15, 0.2) is 0 Å². The van der Waals surface area contributed by atoms with Crippen molar-refractivity contribution < 1.29 is 9.53 Å². The van der Waals surface area contributed by atoms with E-state index in [0.29, 0.717) is 19.0 Å². The van der Waals surface area contributed by atoms with Crippen LogP contribution in [-0.4, -0.2) is 40.0 Å². The van der Waals surface area contributed by atoms with Gasteiger partial charge in [-0.15, -0.1) is 11.6 Å². The summed E-state index contributed by atoms with van der Waals surface area (Å²) in [5.41, 5.74) is -0.438. The van der Waals surface area contributed by atoms with E-state index in [-0.39, 0.29) is 6.09 Å². The van der Waals surface area contributed by atoms with Gasteiger partial charge in [0, 0.05) is 23.4 Å². The summed E-state index contributed by atoms with van der Waals surface area (Å²) in [7, 11) is 0. The lowest BCUT2D eigenvalue weighted by atomic mass is 10.2. The molecule has 0 fully saturated rings. The van der Waals surface area contributed by atoms with Gasteiger partial charge in [-0.2, -0.15) is 0 Å². The van der Waals surface area contributed by atoms with Crippen molar-refractivity contribution in [3.05, 3.63) is 0 Å². The summed E-state index contributed by atoms with van der Waals surface area (Å²) in [5, 5.41) is 0. The van der Waals surface area contributed by atoms with Crippen LogP contribution in [0.1, 0.15) is 20.8 Å². The molecule has 0 radical (unpaired) electrons. The maximum Gasteiger partial charge on any atom is 0.410 e. The largest absolute Gasteiger partial charge is 0.444 e. The average molecular weight is 334 g/mol. The predicted octanol–water partition coefficient (Wildman–Crippen LogP) is 2.90. The van der Waals surface area contributed by atoms with E-state index in [1.165, 1.54) is 0 Å². The van der Waals surface area contributed by atoms with E-state index in [1.807, 2.05) is 20.8 Å². The Labute approximate surface area is 104 Å². The first-order valence-electron chi connectivity index (χ1n) is 4.50. The van der Waals surface area contributed by atoms with Crippen LogP contribution in [0.2, 0.25) is 0 Å². The zero-order valence-electron chi connectivity index (χ0n) is 8.85. The molecule has 3 nitrogen and oxygen atoms in total. The fraction of sp³-hybridized carbons (Fsp3) is 0.889. The second kappa shape index (κ2) is 6.71. The van der Waals surface area contributed by atoms with Crippen molar-refractivity contribution in [3.8, 4) is 0 Å². The molecule has 0 rings (SSSR count). The molecule has 0 aromatic rings. The summed E-state index contributed by atoms with van der Waals surface area (Å²) in [6, 6.07) is 0. The zero-order valence-corrected chi connectivity index (χ0v) is 11.8. The van der Waals surface area contributed by atoms with Crippen LogP contribution in [0, 0.1) is 0 Å². The van der Waals surface area contributed by atoms with E-state index in [1.54, 1.807) is 4.90 Å². The number of ether oxygens (including phenoxy) is 1. The van der Waals surface area contributed by atoms with Crippen LogP contribution >= 0.6 is 34.2 Å². The van der Waals surface area contributed by atoms with Crippen LogP contribution in [0.3, 0.4) is 0 Å². The number of hydrogen-bond acceptors (Lipinski definition) is 2. The highest BCUT2D eigenvalue weighted by atomic mass is 127. The topological polar surface area (TPSA) is 29.5 Å². The molecular formula is C9H17ClINO2. The average Bonchev–Trinajstić information content (AvgIpc) is 2.01. The van der Waals surface area contributed by atoms with Crippen molar-refractivity contribution in [1.82, 2.24) is 4.90 Å². The van der Waals surface area contributed by atoms with Gasteiger partial charge in [-0.3, -0.25) is 0 Å². The first kappa shape index (κ1) is 14.3. The van der Waals surface area contributed by atoms with Crippen LogP contribution in [0.25, 0.3) is 0 Å². The van der Waals surface area contributed by atoms with Crippen LogP contribution in [0.5, 0.6) is 0 Å². The Morgan fingerprint density at radius 2 is 2.00 bits per heavy atom. The molecular weight excluding hydrogens is 316 g/mol. The van der Waals surface area contributed by atoms with Gasteiger partial charge >= 0.3 is 6.09 Å². The van der Waals surface area contributed by atoms with E-state index >= 15 is 0 Å². The minimum atomic E-state index is -0.438. The second-order valence-corrected chi connectivity index (χ2v) is 5.30. The van der Waals surface area contributed by atoms with Crippen LogP contribution < -0.4 is 0 Å². The number of alkyl halides is 2. The molecule has 0 aliphatic carbocycles. The fourth-order valence-electron chi connectivity index (χ4n) is 0.825. The summed E-state index contributed by atoms with van der Waals surface area (Å²) in [5.74, 6) is 0.440. The Kier molecular flexibility index (Phi) is 6.85. The normalized spacial score (nSPS) is 11.2. The number of carbonyl (C=O) groups is 1. The molecule has 14 heavy (non-hydrogen) atoms. The van der Waals surface area contributed by atoms with Crippen molar-refractivity contribution in [2.24, 2.45) is 0 Å².